The topological polar surface area (TPSA) is 83.1 Å². The largest absolute Gasteiger partial charge is 0.497 e. The second-order valence-corrected chi connectivity index (χ2v) is 5.68. The Morgan fingerprint density at radius 3 is 2.46 bits per heavy atom. The first-order valence-corrected chi connectivity index (χ1v) is 8.52. The van der Waals surface area contributed by atoms with E-state index >= 15 is 0 Å². The van der Waals surface area contributed by atoms with Crippen molar-refractivity contribution in [3.8, 4) is 17.2 Å². The Morgan fingerprint density at radius 1 is 0.964 bits per heavy atom. The summed E-state index contributed by atoms with van der Waals surface area (Å²) in [7, 11) is 4.66. The molecule has 2 rings (SSSR count). The number of nitrogens with one attached hydrogen (secondary N) is 1. The Bertz CT molecular complexity index is 847. The average molecular weight is 385 g/mol. The minimum atomic E-state index is -0.607. The fourth-order valence-corrected chi connectivity index (χ4v) is 2.34. The summed E-state index contributed by atoms with van der Waals surface area (Å²) in [6.07, 6.45) is 2.85. The van der Waals surface area contributed by atoms with Gasteiger partial charge in [0.2, 0.25) is 0 Å². The van der Waals surface area contributed by atoms with E-state index in [1.54, 1.807) is 51.7 Å². The summed E-state index contributed by atoms with van der Waals surface area (Å²) >= 11 is 0. The van der Waals surface area contributed by atoms with E-state index in [1.807, 2.05) is 18.2 Å². The quantitative estimate of drug-likeness (QED) is 0.528. The molecule has 0 fully saturated rings. The van der Waals surface area contributed by atoms with Crippen molar-refractivity contribution in [3.05, 3.63) is 59.7 Å². The molecule has 0 atom stereocenters. The maximum Gasteiger partial charge on any atom is 0.331 e. The third-order valence-electron chi connectivity index (χ3n) is 3.79. The zero-order valence-corrected chi connectivity index (χ0v) is 16.1. The minimum Gasteiger partial charge on any atom is -0.497 e. The van der Waals surface area contributed by atoms with Gasteiger partial charge in [0.25, 0.3) is 5.91 Å². The molecule has 0 saturated heterocycles. The number of esters is 1. The van der Waals surface area contributed by atoms with Gasteiger partial charge in [-0.25, -0.2) is 4.79 Å². The van der Waals surface area contributed by atoms with Gasteiger partial charge >= 0.3 is 5.97 Å². The lowest BCUT2D eigenvalue weighted by Crippen LogP contribution is -2.28. The van der Waals surface area contributed by atoms with E-state index in [0.29, 0.717) is 17.2 Å². The van der Waals surface area contributed by atoms with Crippen LogP contribution in [-0.4, -0.2) is 39.8 Å². The number of benzene rings is 2. The highest BCUT2D eigenvalue weighted by atomic mass is 16.5. The Morgan fingerprint density at radius 2 is 1.75 bits per heavy atom. The van der Waals surface area contributed by atoms with Crippen LogP contribution in [-0.2, 0) is 20.9 Å². The molecule has 2 aromatic rings. The van der Waals surface area contributed by atoms with Gasteiger partial charge in [-0.15, -0.1) is 0 Å². The number of ether oxygens (including phenoxy) is 4. The predicted octanol–water partition coefficient (Wildman–Crippen LogP) is 2.59. The first kappa shape index (κ1) is 20.8. The Balaban J connectivity index is 1.78. The van der Waals surface area contributed by atoms with Crippen LogP contribution in [0.15, 0.2) is 48.5 Å². The van der Waals surface area contributed by atoms with E-state index in [-0.39, 0.29) is 13.2 Å². The van der Waals surface area contributed by atoms with Crippen molar-refractivity contribution >= 4 is 18.0 Å². The molecular formula is C21H23NO6. The molecule has 0 spiro atoms. The van der Waals surface area contributed by atoms with Crippen LogP contribution in [0.25, 0.3) is 6.08 Å². The zero-order valence-electron chi connectivity index (χ0n) is 16.1. The molecule has 0 unspecified atom stereocenters. The van der Waals surface area contributed by atoms with E-state index in [0.717, 1.165) is 11.1 Å². The van der Waals surface area contributed by atoms with Crippen molar-refractivity contribution in [1.82, 2.24) is 5.32 Å². The Kier molecular flexibility index (Phi) is 7.90. The first-order chi connectivity index (χ1) is 13.5. The van der Waals surface area contributed by atoms with Crippen molar-refractivity contribution in [3.63, 3.8) is 0 Å². The number of amides is 1. The highest BCUT2D eigenvalue weighted by Gasteiger charge is 2.08. The SMILES string of the molecule is COc1cccc(/C=C/C(=O)OCC(=O)NCc2ccc(OC)c(OC)c2)c1. The van der Waals surface area contributed by atoms with Crippen molar-refractivity contribution in [1.29, 1.82) is 0 Å². The molecule has 2 aromatic carbocycles. The van der Waals surface area contributed by atoms with Gasteiger partial charge < -0.3 is 24.3 Å². The molecule has 7 heteroatoms. The normalized spacial score (nSPS) is 10.4. The van der Waals surface area contributed by atoms with E-state index in [9.17, 15) is 9.59 Å². The molecule has 0 radical (unpaired) electrons. The molecule has 7 nitrogen and oxygen atoms in total. The number of rotatable bonds is 9. The lowest BCUT2D eigenvalue weighted by Gasteiger charge is -2.10. The summed E-state index contributed by atoms with van der Waals surface area (Å²) in [5.41, 5.74) is 1.62. The molecule has 0 aliphatic heterocycles. The number of carbonyl (C=O) groups excluding carboxylic acids is 2. The van der Waals surface area contributed by atoms with E-state index in [1.165, 1.54) is 6.08 Å². The van der Waals surface area contributed by atoms with Crippen LogP contribution >= 0.6 is 0 Å². The van der Waals surface area contributed by atoms with Crippen molar-refractivity contribution in [2.45, 2.75) is 6.54 Å². The van der Waals surface area contributed by atoms with Crippen LogP contribution in [0.5, 0.6) is 17.2 Å². The number of hydrogen-bond donors (Lipinski definition) is 1. The predicted molar refractivity (Wildman–Crippen MR) is 104 cm³/mol. The van der Waals surface area contributed by atoms with E-state index < -0.39 is 11.9 Å². The zero-order chi connectivity index (χ0) is 20.4. The standard InChI is InChI=1S/C21H23NO6/c1-25-17-6-4-5-15(11-17)8-10-21(24)28-14-20(23)22-13-16-7-9-18(26-2)19(12-16)27-3/h4-12H,13-14H2,1-3H3,(H,22,23)/b10-8+. The molecule has 0 bridgehead atoms. The molecule has 28 heavy (non-hydrogen) atoms. The molecule has 1 N–H and O–H groups in total. The molecule has 0 aliphatic rings. The summed E-state index contributed by atoms with van der Waals surface area (Å²) in [6.45, 7) is -0.0923. The fourth-order valence-electron chi connectivity index (χ4n) is 2.34. The van der Waals surface area contributed by atoms with Crippen LogP contribution in [0.2, 0.25) is 0 Å². The van der Waals surface area contributed by atoms with Crippen molar-refractivity contribution < 1.29 is 28.5 Å². The van der Waals surface area contributed by atoms with Crippen LogP contribution in [0, 0.1) is 0 Å². The third-order valence-corrected chi connectivity index (χ3v) is 3.79. The summed E-state index contributed by atoms with van der Waals surface area (Å²) in [5, 5.41) is 2.68. The first-order valence-electron chi connectivity index (χ1n) is 8.52. The number of hydrogen-bond acceptors (Lipinski definition) is 6. The van der Waals surface area contributed by atoms with Gasteiger partial charge in [-0.05, 0) is 41.5 Å². The van der Waals surface area contributed by atoms with Gasteiger partial charge in [-0.2, -0.15) is 0 Å². The molecule has 0 heterocycles. The fraction of sp³-hybridized carbons (Fsp3) is 0.238. The van der Waals surface area contributed by atoms with E-state index in [2.05, 4.69) is 5.32 Å². The lowest BCUT2D eigenvalue weighted by molar-refractivity contribution is -0.143. The van der Waals surface area contributed by atoms with Crippen LogP contribution < -0.4 is 19.5 Å². The maximum absolute atomic E-state index is 11.9. The molecule has 0 aromatic heterocycles. The highest BCUT2D eigenvalue weighted by Crippen LogP contribution is 2.27. The lowest BCUT2D eigenvalue weighted by atomic mass is 10.2. The average Bonchev–Trinajstić information content (AvgIpc) is 2.74. The molecule has 148 valence electrons. The second-order valence-electron chi connectivity index (χ2n) is 5.68. The minimum absolute atomic E-state index is 0.274. The van der Waals surface area contributed by atoms with Crippen LogP contribution in [0.3, 0.4) is 0 Å². The summed E-state index contributed by atoms with van der Waals surface area (Å²) in [6, 6.07) is 12.5. The van der Waals surface area contributed by atoms with Gasteiger partial charge in [0, 0.05) is 12.6 Å². The van der Waals surface area contributed by atoms with Gasteiger partial charge in [0.1, 0.15) is 5.75 Å². The molecule has 1 amide bonds. The van der Waals surface area contributed by atoms with Crippen LogP contribution in [0.1, 0.15) is 11.1 Å². The third kappa shape index (κ3) is 6.35. The summed E-state index contributed by atoms with van der Waals surface area (Å²) < 4.78 is 20.4. The van der Waals surface area contributed by atoms with Gasteiger partial charge in [-0.3, -0.25) is 4.79 Å². The van der Waals surface area contributed by atoms with Crippen molar-refractivity contribution in [2.75, 3.05) is 27.9 Å². The van der Waals surface area contributed by atoms with Gasteiger partial charge in [0.15, 0.2) is 18.1 Å². The Hall–Kier alpha value is -3.48. The molecule has 0 saturated carbocycles. The molecular weight excluding hydrogens is 362 g/mol. The van der Waals surface area contributed by atoms with Gasteiger partial charge in [0.05, 0.1) is 21.3 Å². The van der Waals surface area contributed by atoms with E-state index in [4.69, 9.17) is 18.9 Å². The molecule has 0 aliphatic carbocycles. The second kappa shape index (κ2) is 10.6. The van der Waals surface area contributed by atoms with Crippen molar-refractivity contribution in [2.24, 2.45) is 0 Å². The summed E-state index contributed by atoms with van der Waals surface area (Å²) in [5.74, 6) is 0.852. The Labute approximate surface area is 163 Å². The summed E-state index contributed by atoms with van der Waals surface area (Å²) in [4.78, 5) is 23.6. The highest BCUT2D eigenvalue weighted by molar-refractivity contribution is 5.89. The maximum atomic E-state index is 11.9. The number of carbonyl (C=O) groups is 2. The van der Waals surface area contributed by atoms with Crippen LogP contribution in [0.4, 0.5) is 0 Å². The monoisotopic (exact) mass is 385 g/mol. The smallest absolute Gasteiger partial charge is 0.331 e. The number of methoxy groups -OCH3 is 3. The van der Waals surface area contributed by atoms with Gasteiger partial charge in [-0.1, -0.05) is 18.2 Å².